The Morgan fingerprint density at radius 2 is 2.14 bits per heavy atom. The van der Waals surface area contributed by atoms with Gasteiger partial charge >= 0.3 is 0 Å². The van der Waals surface area contributed by atoms with Gasteiger partial charge in [0.1, 0.15) is 12.4 Å². The first-order chi connectivity index (χ1) is 10.6. The monoisotopic (exact) mass is 299 g/mol. The number of aryl methyl sites for hydroxylation is 2. The number of carbonyl (C=O) groups excluding carboxylic acids is 1. The molecule has 2 aromatic heterocycles. The van der Waals surface area contributed by atoms with E-state index in [-0.39, 0.29) is 25.5 Å². The van der Waals surface area contributed by atoms with E-state index in [0.717, 1.165) is 11.4 Å². The minimum Gasteiger partial charge on any atom is -0.368 e. The average molecular weight is 299 g/mol. The number of hydrogen-bond acceptors (Lipinski definition) is 5. The summed E-state index contributed by atoms with van der Waals surface area (Å²) in [5, 5.41) is 6.91. The molecule has 0 radical (unpaired) electrons. The van der Waals surface area contributed by atoms with Crippen LogP contribution in [-0.2, 0) is 9.53 Å². The first-order valence-electron chi connectivity index (χ1n) is 6.78. The Bertz CT molecular complexity index is 682. The largest absolute Gasteiger partial charge is 0.368 e. The average Bonchev–Trinajstić information content (AvgIpc) is 2.90. The minimum absolute atomic E-state index is 0.192. The van der Waals surface area contributed by atoms with Gasteiger partial charge in [0.2, 0.25) is 5.91 Å². The Morgan fingerprint density at radius 1 is 1.41 bits per heavy atom. The summed E-state index contributed by atoms with van der Waals surface area (Å²) in [4.78, 5) is 20.5. The van der Waals surface area contributed by atoms with Gasteiger partial charge in [-0.05, 0) is 19.9 Å². The molecule has 0 aliphatic heterocycles. The molecule has 0 aliphatic carbocycles. The zero-order chi connectivity index (χ0) is 15.9. The van der Waals surface area contributed by atoms with Crippen molar-refractivity contribution in [1.82, 2.24) is 19.7 Å². The van der Waals surface area contributed by atoms with Gasteiger partial charge in [-0.1, -0.05) is 5.92 Å². The van der Waals surface area contributed by atoms with Gasteiger partial charge in [0.25, 0.3) is 5.95 Å². The standard InChI is InChI=1S/C15H17N5O2/c1-4-8-22-9-6-14(21)19-13-5-7-16-20(13)15-17-11(2)10-12(3)18-15/h1,5,7,10H,6,8-9H2,2-3H3,(H,19,21). The molecule has 0 unspecified atom stereocenters. The van der Waals surface area contributed by atoms with Crippen LogP contribution in [0.3, 0.4) is 0 Å². The molecule has 114 valence electrons. The van der Waals surface area contributed by atoms with E-state index in [0.29, 0.717) is 11.8 Å². The maximum Gasteiger partial charge on any atom is 0.252 e. The number of nitrogens with zero attached hydrogens (tertiary/aromatic N) is 4. The number of ether oxygens (including phenoxy) is 1. The maximum atomic E-state index is 11.9. The summed E-state index contributed by atoms with van der Waals surface area (Å²) < 4.78 is 6.56. The first kappa shape index (κ1) is 15.7. The number of hydrogen-bond donors (Lipinski definition) is 1. The van der Waals surface area contributed by atoms with E-state index in [9.17, 15) is 4.79 Å². The van der Waals surface area contributed by atoms with Crippen LogP contribution in [0.15, 0.2) is 18.3 Å². The molecule has 0 fully saturated rings. The van der Waals surface area contributed by atoms with Crippen LogP contribution < -0.4 is 5.32 Å². The number of rotatable bonds is 6. The Hall–Kier alpha value is -2.72. The second-order valence-electron chi connectivity index (χ2n) is 4.63. The summed E-state index contributed by atoms with van der Waals surface area (Å²) >= 11 is 0. The second kappa shape index (κ2) is 7.33. The topological polar surface area (TPSA) is 81.9 Å². The quantitative estimate of drug-likeness (QED) is 0.641. The summed E-state index contributed by atoms with van der Waals surface area (Å²) in [6, 6.07) is 3.55. The molecule has 2 heterocycles. The van der Waals surface area contributed by atoms with Gasteiger partial charge in [0.15, 0.2) is 0 Å². The zero-order valence-electron chi connectivity index (χ0n) is 12.5. The van der Waals surface area contributed by atoms with E-state index in [2.05, 4.69) is 26.3 Å². The number of nitrogens with one attached hydrogen (secondary N) is 1. The predicted molar refractivity (Wildman–Crippen MR) is 81.5 cm³/mol. The smallest absolute Gasteiger partial charge is 0.252 e. The van der Waals surface area contributed by atoms with E-state index in [1.54, 1.807) is 12.3 Å². The third-order valence-corrected chi connectivity index (χ3v) is 2.73. The summed E-state index contributed by atoms with van der Waals surface area (Å²) in [5.41, 5.74) is 1.66. The van der Waals surface area contributed by atoms with E-state index < -0.39 is 0 Å². The van der Waals surface area contributed by atoms with Gasteiger partial charge in [-0.3, -0.25) is 4.79 Å². The van der Waals surface area contributed by atoms with Gasteiger partial charge in [0.05, 0.1) is 19.2 Å². The predicted octanol–water partition coefficient (Wildman–Crippen LogP) is 1.26. The van der Waals surface area contributed by atoms with Crippen LogP contribution >= 0.6 is 0 Å². The molecule has 0 atom stereocenters. The van der Waals surface area contributed by atoms with Crippen molar-refractivity contribution in [2.24, 2.45) is 0 Å². The molecule has 7 heteroatoms. The normalized spacial score (nSPS) is 10.2. The van der Waals surface area contributed by atoms with Crippen molar-refractivity contribution >= 4 is 11.7 Å². The SMILES string of the molecule is C#CCOCCC(=O)Nc1ccnn1-c1nc(C)cc(C)n1. The molecule has 0 saturated carbocycles. The molecule has 1 amide bonds. The van der Waals surface area contributed by atoms with Crippen LogP contribution in [-0.4, -0.2) is 38.9 Å². The van der Waals surface area contributed by atoms with Crippen molar-refractivity contribution in [3.8, 4) is 18.3 Å². The lowest BCUT2D eigenvalue weighted by atomic mass is 10.4. The molecule has 0 aromatic carbocycles. The molecular formula is C15H17N5O2. The van der Waals surface area contributed by atoms with Gasteiger partial charge in [0, 0.05) is 17.5 Å². The molecule has 22 heavy (non-hydrogen) atoms. The van der Waals surface area contributed by atoms with Crippen molar-refractivity contribution in [2.75, 3.05) is 18.5 Å². The molecule has 1 N–H and O–H groups in total. The zero-order valence-corrected chi connectivity index (χ0v) is 12.5. The molecule has 0 bridgehead atoms. The Morgan fingerprint density at radius 3 is 2.82 bits per heavy atom. The number of anilines is 1. The summed E-state index contributed by atoms with van der Waals surface area (Å²) in [6.45, 7) is 4.22. The lowest BCUT2D eigenvalue weighted by Crippen LogP contribution is -2.18. The Balaban J connectivity index is 2.06. The number of terminal acetylenes is 1. The van der Waals surface area contributed by atoms with Gasteiger partial charge in [-0.25, -0.2) is 9.97 Å². The second-order valence-corrected chi connectivity index (χ2v) is 4.63. The molecular weight excluding hydrogens is 282 g/mol. The van der Waals surface area contributed by atoms with Crippen LogP contribution in [0.25, 0.3) is 5.95 Å². The summed E-state index contributed by atoms with van der Waals surface area (Å²) in [6.07, 6.45) is 6.85. The van der Waals surface area contributed by atoms with Crippen LogP contribution in [0.4, 0.5) is 5.82 Å². The fourth-order valence-corrected chi connectivity index (χ4v) is 1.86. The first-order valence-corrected chi connectivity index (χ1v) is 6.78. The van der Waals surface area contributed by atoms with Crippen molar-refractivity contribution in [2.45, 2.75) is 20.3 Å². The van der Waals surface area contributed by atoms with Crippen LogP contribution in [0.2, 0.25) is 0 Å². The van der Waals surface area contributed by atoms with Crippen molar-refractivity contribution in [1.29, 1.82) is 0 Å². The van der Waals surface area contributed by atoms with E-state index in [1.165, 1.54) is 4.68 Å². The highest BCUT2D eigenvalue weighted by atomic mass is 16.5. The van der Waals surface area contributed by atoms with Gasteiger partial charge < -0.3 is 10.1 Å². The summed E-state index contributed by atoms with van der Waals surface area (Å²) in [7, 11) is 0. The lowest BCUT2D eigenvalue weighted by Gasteiger charge is -2.08. The van der Waals surface area contributed by atoms with Crippen LogP contribution in [0, 0.1) is 26.2 Å². The highest BCUT2D eigenvalue weighted by molar-refractivity contribution is 5.90. The molecule has 0 saturated heterocycles. The van der Waals surface area contributed by atoms with E-state index >= 15 is 0 Å². The van der Waals surface area contributed by atoms with Crippen molar-refractivity contribution in [3.05, 3.63) is 29.7 Å². The highest BCUT2D eigenvalue weighted by Gasteiger charge is 2.11. The van der Waals surface area contributed by atoms with Crippen molar-refractivity contribution < 1.29 is 9.53 Å². The van der Waals surface area contributed by atoms with Gasteiger partial charge in [-0.15, -0.1) is 6.42 Å². The highest BCUT2D eigenvalue weighted by Crippen LogP contribution is 2.12. The number of amides is 1. The molecule has 0 spiro atoms. The fourth-order valence-electron chi connectivity index (χ4n) is 1.86. The molecule has 0 aliphatic rings. The van der Waals surface area contributed by atoms with Crippen molar-refractivity contribution in [3.63, 3.8) is 0 Å². The molecule has 2 rings (SSSR count). The maximum absolute atomic E-state index is 11.9. The fraction of sp³-hybridized carbons (Fsp3) is 0.333. The number of carbonyl (C=O) groups is 1. The molecule has 7 nitrogen and oxygen atoms in total. The van der Waals surface area contributed by atoms with E-state index in [4.69, 9.17) is 11.2 Å². The van der Waals surface area contributed by atoms with E-state index in [1.807, 2.05) is 19.9 Å². The minimum atomic E-state index is -0.192. The molecule has 2 aromatic rings. The van der Waals surface area contributed by atoms with Gasteiger partial charge in [-0.2, -0.15) is 9.78 Å². The Labute approximate surface area is 128 Å². The lowest BCUT2D eigenvalue weighted by molar-refractivity contribution is -0.117. The Kier molecular flexibility index (Phi) is 5.22. The number of aromatic nitrogens is 4. The third kappa shape index (κ3) is 4.14. The third-order valence-electron chi connectivity index (χ3n) is 2.73. The van der Waals surface area contributed by atoms with Crippen LogP contribution in [0.1, 0.15) is 17.8 Å². The summed E-state index contributed by atoms with van der Waals surface area (Å²) in [5.74, 6) is 3.08. The van der Waals surface area contributed by atoms with Crippen LogP contribution in [0.5, 0.6) is 0 Å².